The summed E-state index contributed by atoms with van der Waals surface area (Å²) in [7, 11) is 0. The van der Waals surface area contributed by atoms with E-state index in [4.69, 9.17) is 0 Å². The molecule has 0 heterocycles. The average Bonchev–Trinajstić information content (AvgIpc) is 2.05. The van der Waals surface area contributed by atoms with E-state index >= 15 is 0 Å². The van der Waals surface area contributed by atoms with Gasteiger partial charge in [0.05, 0.1) is 0 Å². The Labute approximate surface area is 61.8 Å². The van der Waals surface area contributed by atoms with E-state index in [1.54, 1.807) is 0 Å². The molecule has 0 radical (unpaired) electrons. The van der Waals surface area contributed by atoms with Crippen molar-refractivity contribution in [3.63, 3.8) is 0 Å². The Kier molecular flexibility index (Phi) is 2.25. The highest BCUT2D eigenvalue weighted by Crippen LogP contribution is 2.19. The van der Waals surface area contributed by atoms with Crippen LogP contribution in [-0.2, 0) is 6.67 Å². The van der Waals surface area contributed by atoms with Crippen molar-refractivity contribution in [2.45, 2.75) is 6.67 Å². The Morgan fingerprint density at radius 1 is 1.45 bits per heavy atom. The molecule has 0 saturated carbocycles. The SMILES string of the molecule is O=Nc1cc(CF)ccc1F. The highest BCUT2D eigenvalue weighted by Gasteiger charge is 2.02. The van der Waals surface area contributed by atoms with E-state index in [-0.39, 0.29) is 11.3 Å². The van der Waals surface area contributed by atoms with Crippen molar-refractivity contribution in [2.24, 2.45) is 5.18 Å². The predicted octanol–water partition coefficient (Wildman–Crippen LogP) is 2.69. The van der Waals surface area contributed by atoms with E-state index in [0.29, 0.717) is 0 Å². The zero-order valence-electron chi connectivity index (χ0n) is 5.55. The second-order valence-electron chi connectivity index (χ2n) is 2.01. The molecule has 0 N–H and O–H groups in total. The second kappa shape index (κ2) is 3.18. The topological polar surface area (TPSA) is 29.4 Å². The summed E-state index contributed by atoms with van der Waals surface area (Å²) in [4.78, 5) is 9.88. The number of nitroso groups, excluding NO2 is 1. The zero-order chi connectivity index (χ0) is 8.27. The molecule has 0 aliphatic carbocycles. The van der Waals surface area contributed by atoms with Crippen molar-refractivity contribution >= 4 is 5.69 Å². The fourth-order valence-electron chi connectivity index (χ4n) is 0.711. The summed E-state index contributed by atoms with van der Waals surface area (Å²) in [6, 6.07) is 3.37. The highest BCUT2D eigenvalue weighted by atomic mass is 19.1. The fraction of sp³-hybridized carbons (Fsp3) is 0.143. The fourth-order valence-corrected chi connectivity index (χ4v) is 0.711. The molecule has 0 aliphatic heterocycles. The molecule has 0 aliphatic rings. The molecule has 0 aromatic heterocycles. The number of halogens is 2. The van der Waals surface area contributed by atoms with Crippen LogP contribution in [-0.4, -0.2) is 0 Å². The lowest BCUT2D eigenvalue weighted by molar-refractivity contribution is 0.484. The minimum atomic E-state index is -0.725. The quantitative estimate of drug-likeness (QED) is 0.607. The van der Waals surface area contributed by atoms with Gasteiger partial charge < -0.3 is 0 Å². The minimum Gasteiger partial charge on any atom is -0.246 e. The molecule has 0 atom stereocenters. The van der Waals surface area contributed by atoms with Gasteiger partial charge in [0.25, 0.3) is 0 Å². The molecule has 0 unspecified atom stereocenters. The molecule has 1 aromatic carbocycles. The van der Waals surface area contributed by atoms with Crippen LogP contribution in [0.4, 0.5) is 14.5 Å². The summed E-state index contributed by atoms with van der Waals surface area (Å²) in [5.74, 6) is -0.725. The van der Waals surface area contributed by atoms with E-state index in [9.17, 15) is 13.7 Å². The number of benzene rings is 1. The lowest BCUT2D eigenvalue weighted by Gasteiger charge is -1.94. The van der Waals surface area contributed by atoms with Gasteiger partial charge in [0, 0.05) is 0 Å². The van der Waals surface area contributed by atoms with E-state index in [0.717, 1.165) is 12.1 Å². The zero-order valence-corrected chi connectivity index (χ0v) is 5.55. The van der Waals surface area contributed by atoms with Crippen molar-refractivity contribution < 1.29 is 8.78 Å². The maximum atomic E-state index is 12.5. The van der Waals surface area contributed by atoms with Gasteiger partial charge in [-0.3, -0.25) is 0 Å². The van der Waals surface area contributed by atoms with Gasteiger partial charge in [0.2, 0.25) is 0 Å². The molecular formula is C7H5F2NO. The van der Waals surface area contributed by atoms with E-state index in [1.807, 2.05) is 0 Å². The molecule has 4 heteroatoms. The Morgan fingerprint density at radius 2 is 2.18 bits per heavy atom. The van der Waals surface area contributed by atoms with Crippen molar-refractivity contribution in [1.29, 1.82) is 0 Å². The highest BCUT2D eigenvalue weighted by molar-refractivity contribution is 5.41. The summed E-state index contributed by atoms with van der Waals surface area (Å²) in [6.45, 7) is -0.719. The first-order valence-electron chi connectivity index (χ1n) is 2.95. The van der Waals surface area contributed by atoms with E-state index < -0.39 is 12.5 Å². The van der Waals surface area contributed by atoms with Gasteiger partial charge >= 0.3 is 0 Å². The molecule has 0 saturated heterocycles. The minimum absolute atomic E-state index is 0.251. The van der Waals surface area contributed by atoms with Crippen LogP contribution in [0.3, 0.4) is 0 Å². The number of hydrogen-bond donors (Lipinski definition) is 0. The number of hydrogen-bond acceptors (Lipinski definition) is 2. The first-order chi connectivity index (χ1) is 5.27. The summed E-state index contributed by atoms with van der Waals surface area (Å²) in [5.41, 5.74) is -0.0962. The van der Waals surface area contributed by atoms with Crippen LogP contribution < -0.4 is 0 Å². The standard InChI is InChI=1S/C7H5F2NO/c8-4-5-1-2-6(9)7(3-5)10-11/h1-3H,4H2. The van der Waals surface area contributed by atoms with Crippen molar-refractivity contribution in [3.05, 3.63) is 34.5 Å². The molecule has 0 amide bonds. The predicted molar refractivity (Wildman–Crippen MR) is 36.7 cm³/mol. The lowest BCUT2D eigenvalue weighted by atomic mass is 10.2. The van der Waals surface area contributed by atoms with Crippen molar-refractivity contribution in [2.75, 3.05) is 0 Å². The molecule has 2 nitrogen and oxygen atoms in total. The average molecular weight is 157 g/mol. The number of nitrogens with zero attached hydrogens (tertiary/aromatic N) is 1. The van der Waals surface area contributed by atoms with Gasteiger partial charge in [-0.25, -0.2) is 8.78 Å². The third kappa shape index (κ3) is 1.58. The summed E-state index contributed by atoms with van der Waals surface area (Å²) in [6.07, 6.45) is 0. The third-order valence-corrected chi connectivity index (χ3v) is 1.26. The van der Waals surface area contributed by atoms with Crippen LogP contribution >= 0.6 is 0 Å². The van der Waals surface area contributed by atoms with Crippen molar-refractivity contribution in [3.8, 4) is 0 Å². The summed E-state index contributed by atoms with van der Waals surface area (Å²) < 4.78 is 24.4. The molecule has 0 spiro atoms. The Morgan fingerprint density at radius 3 is 2.73 bits per heavy atom. The van der Waals surface area contributed by atoms with Gasteiger partial charge in [0.15, 0.2) is 5.82 Å². The number of rotatable bonds is 2. The van der Waals surface area contributed by atoms with Crippen LogP contribution in [0, 0.1) is 10.7 Å². The Balaban J connectivity index is 3.12. The molecule has 1 aromatic rings. The van der Waals surface area contributed by atoms with Crippen LogP contribution in [0.1, 0.15) is 5.56 Å². The normalized spacial score (nSPS) is 9.64. The van der Waals surface area contributed by atoms with Gasteiger partial charge in [-0.1, -0.05) is 6.07 Å². The van der Waals surface area contributed by atoms with Gasteiger partial charge in [-0.2, -0.15) is 0 Å². The number of alkyl halides is 1. The molecule has 0 bridgehead atoms. The Hall–Kier alpha value is -1.32. The van der Waals surface area contributed by atoms with Crippen LogP contribution in [0.5, 0.6) is 0 Å². The van der Waals surface area contributed by atoms with Crippen LogP contribution in [0.2, 0.25) is 0 Å². The molecule has 58 valence electrons. The maximum Gasteiger partial charge on any atom is 0.152 e. The second-order valence-corrected chi connectivity index (χ2v) is 2.01. The van der Waals surface area contributed by atoms with E-state index in [2.05, 4.69) is 5.18 Å². The lowest BCUT2D eigenvalue weighted by Crippen LogP contribution is -1.80. The summed E-state index contributed by atoms with van der Waals surface area (Å²) >= 11 is 0. The summed E-state index contributed by atoms with van der Waals surface area (Å²) in [5, 5.41) is 2.39. The monoisotopic (exact) mass is 157 g/mol. The van der Waals surface area contributed by atoms with E-state index in [1.165, 1.54) is 6.07 Å². The Bertz CT molecular complexity index is 275. The smallest absolute Gasteiger partial charge is 0.152 e. The van der Waals surface area contributed by atoms with Gasteiger partial charge in [-0.05, 0) is 22.9 Å². The van der Waals surface area contributed by atoms with Crippen LogP contribution in [0.15, 0.2) is 23.4 Å². The molecule has 1 rings (SSSR count). The van der Waals surface area contributed by atoms with Crippen molar-refractivity contribution in [1.82, 2.24) is 0 Å². The van der Waals surface area contributed by atoms with Gasteiger partial charge in [-0.15, -0.1) is 4.91 Å². The molecular weight excluding hydrogens is 152 g/mol. The molecule has 0 fully saturated rings. The first-order valence-corrected chi connectivity index (χ1v) is 2.95. The molecule has 11 heavy (non-hydrogen) atoms. The maximum absolute atomic E-state index is 12.5. The van der Waals surface area contributed by atoms with Crippen LogP contribution in [0.25, 0.3) is 0 Å². The third-order valence-electron chi connectivity index (χ3n) is 1.26. The largest absolute Gasteiger partial charge is 0.246 e. The first kappa shape index (κ1) is 7.78. The van der Waals surface area contributed by atoms with Gasteiger partial charge in [0.1, 0.15) is 12.4 Å².